The van der Waals surface area contributed by atoms with Gasteiger partial charge in [-0.1, -0.05) is 29.8 Å². The minimum absolute atomic E-state index is 0.0657. The van der Waals surface area contributed by atoms with E-state index in [1.54, 1.807) is 47.4 Å². The SMILES string of the molecule is O=C(COC(=O)COc1ccccc1Cl)Nc1cccc(N2CCCC2=O)c1. The van der Waals surface area contributed by atoms with E-state index < -0.39 is 18.5 Å². The molecule has 3 rings (SSSR count). The van der Waals surface area contributed by atoms with Crippen LogP contribution in [0.5, 0.6) is 5.75 Å². The van der Waals surface area contributed by atoms with Gasteiger partial charge in [0, 0.05) is 24.3 Å². The Bertz CT molecular complexity index is 886. The molecule has 0 atom stereocenters. The summed E-state index contributed by atoms with van der Waals surface area (Å²) in [5.74, 6) is -0.753. The number of rotatable bonds is 7. The number of nitrogens with zero attached hydrogens (tertiary/aromatic N) is 1. The molecule has 0 aromatic heterocycles. The van der Waals surface area contributed by atoms with Crippen LogP contribution in [0.15, 0.2) is 48.5 Å². The van der Waals surface area contributed by atoms with Crippen LogP contribution in [0, 0.1) is 0 Å². The number of para-hydroxylation sites is 1. The Kier molecular flexibility index (Phi) is 6.49. The molecule has 1 fully saturated rings. The van der Waals surface area contributed by atoms with Crippen molar-refractivity contribution >= 4 is 40.8 Å². The number of carbonyl (C=O) groups excluding carboxylic acids is 3. The van der Waals surface area contributed by atoms with E-state index >= 15 is 0 Å². The summed E-state index contributed by atoms with van der Waals surface area (Å²) in [4.78, 5) is 37.3. The van der Waals surface area contributed by atoms with Crippen LogP contribution in [0.3, 0.4) is 0 Å². The number of benzene rings is 2. The molecule has 1 aliphatic heterocycles. The Morgan fingerprint density at radius 2 is 1.93 bits per heavy atom. The Hall–Kier alpha value is -3.06. The Morgan fingerprint density at radius 3 is 2.68 bits per heavy atom. The van der Waals surface area contributed by atoms with Crippen LogP contribution >= 0.6 is 11.6 Å². The molecule has 146 valence electrons. The van der Waals surface area contributed by atoms with E-state index in [2.05, 4.69) is 5.32 Å². The highest BCUT2D eigenvalue weighted by Crippen LogP contribution is 2.24. The van der Waals surface area contributed by atoms with Gasteiger partial charge in [0.05, 0.1) is 5.02 Å². The predicted octanol–water partition coefficient (Wildman–Crippen LogP) is 3.03. The Balaban J connectivity index is 1.46. The number of carbonyl (C=O) groups is 3. The van der Waals surface area contributed by atoms with E-state index in [4.69, 9.17) is 21.1 Å². The smallest absolute Gasteiger partial charge is 0.344 e. The monoisotopic (exact) mass is 402 g/mol. The van der Waals surface area contributed by atoms with Crippen LogP contribution in [0.2, 0.25) is 5.02 Å². The van der Waals surface area contributed by atoms with E-state index in [1.165, 1.54) is 0 Å². The molecule has 1 aliphatic rings. The van der Waals surface area contributed by atoms with Crippen molar-refractivity contribution < 1.29 is 23.9 Å². The summed E-state index contributed by atoms with van der Waals surface area (Å²) in [5, 5.41) is 3.02. The first-order valence-corrected chi connectivity index (χ1v) is 9.14. The highest BCUT2D eigenvalue weighted by Gasteiger charge is 2.21. The second-order valence-corrected chi connectivity index (χ2v) is 6.53. The molecule has 1 heterocycles. The third-order valence-electron chi connectivity index (χ3n) is 4.06. The third-order valence-corrected chi connectivity index (χ3v) is 4.37. The number of hydrogen-bond donors (Lipinski definition) is 1. The fourth-order valence-corrected chi connectivity index (χ4v) is 2.95. The Morgan fingerprint density at radius 1 is 1.11 bits per heavy atom. The van der Waals surface area contributed by atoms with Crippen molar-refractivity contribution in [3.63, 3.8) is 0 Å². The zero-order chi connectivity index (χ0) is 19.9. The van der Waals surface area contributed by atoms with E-state index in [0.29, 0.717) is 29.4 Å². The topological polar surface area (TPSA) is 84.9 Å². The summed E-state index contributed by atoms with van der Waals surface area (Å²) >= 11 is 5.93. The zero-order valence-electron chi connectivity index (χ0n) is 15.0. The standard InChI is InChI=1S/C20H19ClN2O5/c21-16-7-1-2-8-17(16)27-13-20(26)28-12-18(24)22-14-5-3-6-15(11-14)23-10-4-9-19(23)25/h1-3,5-8,11H,4,9-10,12-13H2,(H,22,24). The van der Waals surface area contributed by atoms with Crippen LogP contribution in [-0.2, 0) is 19.1 Å². The molecule has 0 unspecified atom stereocenters. The lowest BCUT2D eigenvalue weighted by Crippen LogP contribution is -2.25. The average Bonchev–Trinajstić information content (AvgIpc) is 3.12. The van der Waals surface area contributed by atoms with Gasteiger partial charge in [0.1, 0.15) is 5.75 Å². The van der Waals surface area contributed by atoms with Crippen LogP contribution in [0.1, 0.15) is 12.8 Å². The normalized spacial score (nSPS) is 13.3. The van der Waals surface area contributed by atoms with Gasteiger partial charge in [-0.3, -0.25) is 9.59 Å². The molecule has 1 N–H and O–H groups in total. The zero-order valence-corrected chi connectivity index (χ0v) is 15.8. The average molecular weight is 403 g/mol. The van der Waals surface area contributed by atoms with Crippen LogP contribution in [-0.4, -0.2) is 37.5 Å². The first-order chi connectivity index (χ1) is 13.5. The van der Waals surface area contributed by atoms with Gasteiger partial charge in [-0.25, -0.2) is 4.79 Å². The minimum Gasteiger partial charge on any atom is -0.480 e. The van der Waals surface area contributed by atoms with E-state index in [9.17, 15) is 14.4 Å². The number of ether oxygens (including phenoxy) is 2. The molecule has 28 heavy (non-hydrogen) atoms. The summed E-state index contributed by atoms with van der Waals surface area (Å²) in [6.07, 6.45) is 1.35. The summed E-state index contributed by atoms with van der Waals surface area (Å²) < 4.78 is 10.2. The third kappa shape index (κ3) is 5.23. The number of nitrogens with one attached hydrogen (secondary N) is 1. The number of anilines is 2. The lowest BCUT2D eigenvalue weighted by molar-refractivity contribution is -0.149. The van der Waals surface area contributed by atoms with Gasteiger partial charge < -0.3 is 19.7 Å². The number of halogens is 1. The molecule has 0 spiro atoms. The highest BCUT2D eigenvalue weighted by atomic mass is 35.5. The number of esters is 1. The van der Waals surface area contributed by atoms with Gasteiger partial charge in [-0.05, 0) is 36.8 Å². The summed E-state index contributed by atoms with van der Waals surface area (Å²) in [6.45, 7) is -0.138. The lowest BCUT2D eigenvalue weighted by Gasteiger charge is -2.16. The predicted molar refractivity (Wildman–Crippen MR) is 105 cm³/mol. The molecule has 2 aromatic rings. The minimum atomic E-state index is -0.688. The first-order valence-electron chi connectivity index (χ1n) is 8.76. The van der Waals surface area contributed by atoms with Gasteiger partial charge in [-0.15, -0.1) is 0 Å². The fourth-order valence-electron chi connectivity index (χ4n) is 2.76. The van der Waals surface area contributed by atoms with Crippen molar-refractivity contribution in [2.75, 3.05) is 30.0 Å². The van der Waals surface area contributed by atoms with Crippen molar-refractivity contribution in [2.45, 2.75) is 12.8 Å². The molecular formula is C20H19ClN2O5. The maximum Gasteiger partial charge on any atom is 0.344 e. The van der Waals surface area contributed by atoms with E-state index in [1.807, 2.05) is 6.07 Å². The van der Waals surface area contributed by atoms with Gasteiger partial charge in [0.25, 0.3) is 5.91 Å². The lowest BCUT2D eigenvalue weighted by atomic mass is 10.2. The Labute approximate surface area is 167 Å². The van der Waals surface area contributed by atoms with Crippen molar-refractivity contribution in [1.82, 2.24) is 0 Å². The summed E-state index contributed by atoms with van der Waals surface area (Å²) in [6, 6.07) is 13.7. The molecule has 2 aromatic carbocycles. The van der Waals surface area contributed by atoms with Crippen molar-refractivity contribution in [3.8, 4) is 5.75 Å². The van der Waals surface area contributed by atoms with Crippen molar-refractivity contribution in [3.05, 3.63) is 53.6 Å². The van der Waals surface area contributed by atoms with Crippen LogP contribution < -0.4 is 15.0 Å². The molecule has 2 amide bonds. The quantitative estimate of drug-likeness (QED) is 0.719. The van der Waals surface area contributed by atoms with Gasteiger partial charge >= 0.3 is 5.97 Å². The largest absolute Gasteiger partial charge is 0.480 e. The van der Waals surface area contributed by atoms with Crippen LogP contribution in [0.25, 0.3) is 0 Å². The highest BCUT2D eigenvalue weighted by molar-refractivity contribution is 6.32. The van der Waals surface area contributed by atoms with E-state index in [-0.39, 0.29) is 12.5 Å². The molecule has 1 saturated heterocycles. The molecule has 0 radical (unpaired) electrons. The second-order valence-electron chi connectivity index (χ2n) is 6.13. The first kappa shape index (κ1) is 19.7. The van der Waals surface area contributed by atoms with Crippen LogP contribution in [0.4, 0.5) is 11.4 Å². The molecule has 0 bridgehead atoms. The molecule has 7 nitrogen and oxygen atoms in total. The molecule has 8 heteroatoms. The second kappa shape index (κ2) is 9.23. The van der Waals surface area contributed by atoms with E-state index in [0.717, 1.165) is 12.1 Å². The van der Waals surface area contributed by atoms with Gasteiger partial charge in [0.15, 0.2) is 13.2 Å². The van der Waals surface area contributed by atoms with Crippen molar-refractivity contribution in [1.29, 1.82) is 0 Å². The number of amides is 2. The molecular weight excluding hydrogens is 384 g/mol. The van der Waals surface area contributed by atoms with Gasteiger partial charge in [-0.2, -0.15) is 0 Å². The fraction of sp³-hybridized carbons (Fsp3) is 0.250. The summed E-state index contributed by atoms with van der Waals surface area (Å²) in [7, 11) is 0. The maximum atomic E-state index is 12.0. The number of hydrogen-bond acceptors (Lipinski definition) is 5. The molecule has 0 saturated carbocycles. The van der Waals surface area contributed by atoms with Crippen molar-refractivity contribution in [2.24, 2.45) is 0 Å². The summed E-state index contributed by atoms with van der Waals surface area (Å²) in [5.41, 5.74) is 1.25. The molecule has 0 aliphatic carbocycles. The van der Waals surface area contributed by atoms with Gasteiger partial charge in [0.2, 0.25) is 5.91 Å². The maximum absolute atomic E-state index is 12.0.